The molecule has 3 heterocycles. The summed E-state index contributed by atoms with van der Waals surface area (Å²) < 4.78 is 6.15. The van der Waals surface area contributed by atoms with Crippen LogP contribution in [0.25, 0.3) is 32.0 Å². The summed E-state index contributed by atoms with van der Waals surface area (Å²) in [5.41, 5.74) is 3.32. The van der Waals surface area contributed by atoms with Gasteiger partial charge in [0.2, 0.25) is 5.95 Å². The van der Waals surface area contributed by atoms with Crippen molar-refractivity contribution in [1.29, 1.82) is 0 Å². The van der Waals surface area contributed by atoms with E-state index in [0.29, 0.717) is 11.5 Å². The van der Waals surface area contributed by atoms with Crippen molar-refractivity contribution in [2.45, 2.75) is 6.29 Å². The van der Waals surface area contributed by atoms with Crippen LogP contribution in [0.3, 0.4) is 0 Å². The maximum Gasteiger partial charge on any atom is 0.206 e. The molecule has 0 amide bonds. The lowest BCUT2D eigenvalue weighted by atomic mass is 10.1. The van der Waals surface area contributed by atoms with Crippen LogP contribution in [-0.4, -0.2) is 27.2 Å². The third-order valence-electron chi connectivity index (χ3n) is 4.55. The van der Waals surface area contributed by atoms with E-state index in [1.165, 1.54) is 7.11 Å². The van der Waals surface area contributed by atoms with E-state index in [0.717, 1.165) is 37.8 Å². The second-order valence-electron chi connectivity index (χ2n) is 6.22. The number of hydrogen-bond acceptors (Lipinski definition) is 6. The number of nitrogens with one attached hydrogen (secondary N) is 2. The second kappa shape index (κ2) is 6.31. The van der Waals surface area contributed by atoms with Gasteiger partial charge in [0.1, 0.15) is 5.82 Å². The maximum absolute atomic E-state index is 9.97. The van der Waals surface area contributed by atoms with Crippen LogP contribution >= 0.6 is 11.3 Å². The number of aromatic nitrogens is 3. The Kier molecular flexibility index (Phi) is 3.78. The van der Waals surface area contributed by atoms with Crippen molar-refractivity contribution in [2.75, 3.05) is 12.4 Å². The van der Waals surface area contributed by atoms with Gasteiger partial charge in [0.25, 0.3) is 0 Å². The number of aliphatic hydroxyl groups is 1. The fourth-order valence-electron chi connectivity index (χ4n) is 3.23. The van der Waals surface area contributed by atoms with E-state index in [2.05, 4.69) is 21.4 Å². The third kappa shape index (κ3) is 2.73. The number of H-pyrrole nitrogens is 1. The standard InChI is InChI=1S/C20H16N4O2S/c1-26-19(25)11-6-7-12-16(10-11)21-18(13-8-9-27-17(12)13)24-20-22-14-4-2-3-5-15(14)23-20/h2-10,19,25H,1H3,(H2,21,22,23,24). The number of fused-ring (bicyclic) bond motifs is 4. The summed E-state index contributed by atoms with van der Waals surface area (Å²) in [4.78, 5) is 12.6. The lowest BCUT2D eigenvalue weighted by Gasteiger charge is -2.11. The van der Waals surface area contributed by atoms with Crippen LogP contribution in [-0.2, 0) is 4.74 Å². The lowest BCUT2D eigenvalue weighted by molar-refractivity contribution is -0.0768. The van der Waals surface area contributed by atoms with Crippen molar-refractivity contribution in [1.82, 2.24) is 15.0 Å². The molecule has 0 fully saturated rings. The van der Waals surface area contributed by atoms with Gasteiger partial charge < -0.3 is 20.1 Å². The Morgan fingerprint density at radius 3 is 2.81 bits per heavy atom. The first kappa shape index (κ1) is 16.2. The Morgan fingerprint density at radius 1 is 1.07 bits per heavy atom. The first-order valence-corrected chi connectivity index (χ1v) is 9.34. The number of methoxy groups -OCH3 is 1. The van der Waals surface area contributed by atoms with Crippen LogP contribution in [0, 0.1) is 0 Å². The van der Waals surface area contributed by atoms with E-state index in [9.17, 15) is 5.11 Å². The zero-order valence-corrected chi connectivity index (χ0v) is 15.2. The minimum Gasteiger partial charge on any atom is -0.364 e. The highest BCUT2D eigenvalue weighted by molar-refractivity contribution is 7.18. The molecule has 0 aliphatic carbocycles. The van der Waals surface area contributed by atoms with Gasteiger partial charge >= 0.3 is 0 Å². The van der Waals surface area contributed by atoms with E-state index < -0.39 is 6.29 Å². The number of pyridine rings is 1. The predicted molar refractivity (Wildman–Crippen MR) is 108 cm³/mol. The summed E-state index contributed by atoms with van der Waals surface area (Å²) in [5, 5.41) is 17.4. The third-order valence-corrected chi connectivity index (χ3v) is 5.50. The molecular weight excluding hydrogens is 360 g/mol. The van der Waals surface area contributed by atoms with Crippen molar-refractivity contribution < 1.29 is 9.84 Å². The normalized spacial score (nSPS) is 12.8. The number of aliphatic hydroxyl groups excluding tert-OH is 1. The Labute approximate surface area is 158 Å². The van der Waals surface area contributed by atoms with Gasteiger partial charge in [-0.05, 0) is 29.6 Å². The molecule has 2 aromatic carbocycles. The van der Waals surface area contributed by atoms with E-state index >= 15 is 0 Å². The molecule has 27 heavy (non-hydrogen) atoms. The van der Waals surface area contributed by atoms with Gasteiger partial charge in [-0.3, -0.25) is 0 Å². The number of aromatic amines is 1. The van der Waals surface area contributed by atoms with Crippen molar-refractivity contribution in [3.8, 4) is 0 Å². The molecule has 1 atom stereocenters. The first-order chi connectivity index (χ1) is 13.2. The molecule has 6 nitrogen and oxygen atoms in total. The van der Waals surface area contributed by atoms with Crippen molar-refractivity contribution in [3.05, 3.63) is 59.5 Å². The topological polar surface area (TPSA) is 83.1 Å². The van der Waals surface area contributed by atoms with E-state index in [1.807, 2.05) is 47.8 Å². The number of rotatable bonds is 4. The highest BCUT2D eigenvalue weighted by Crippen LogP contribution is 2.35. The van der Waals surface area contributed by atoms with Gasteiger partial charge in [0.05, 0.1) is 16.6 Å². The van der Waals surface area contributed by atoms with Gasteiger partial charge in [0, 0.05) is 28.1 Å². The zero-order chi connectivity index (χ0) is 18.4. The van der Waals surface area contributed by atoms with Gasteiger partial charge in [0.15, 0.2) is 6.29 Å². The van der Waals surface area contributed by atoms with Crippen LogP contribution in [0.15, 0.2) is 53.9 Å². The summed E-state index contributed by atoms with van der Waals surface area (Å²) in [5.74, 6) is 1.37. The molecule has 0 bridgehead atoms. The minimum absolute atomic E-state index is 0.642. The quantitative estimate of drug-likeness (QED) is 0.396. The zero-order valence-electron chi connectivity index (χ0n) is 14.4. The second-order valence-corrected chi connectivity index (χ2v) is 7.13. The average Bonchev–Trinajstić information content (AvgIpc) is 3.33. The number of imidazole rings is 1. The molecule has 3 aromatic heterocycles. The Morgan fingerprint density at radius 2 is 1.96 bits per heavy atom. The van der Waals surface area contributed by atoms with Crippen LogP contribution in [0.4, 0.5) is 11.8 Å². The molecule has 5 rings (SSSR count). The summed E-state index contributed by atoms with van der Waals surface area (Å²) in [6.45, 7) is 0. The number of benzene rings is 2. The molecule has 5 aromatic rings. The van der Waals surface area contributed by atoms with Crippen LogP contribution < -0.4 is 5.32 Å². The summed E-state index contributed by atoms with van der Waals surface area (Å²) >= 11 is 1.66. The molecule has 134 valence electrons. The Hall–Kier alpha value is -3.00. The van der Waals surface area contributed by atoms with Crippen LogP contribution in [0.5, 0.6) is 0 Å². The van der Waals surface area contributed by atoms with E-state index in [-0.39, 0.29) is 0 Å². The number of anilines is 2. The molecule has 0 saturated carbocycles. The summed E-state index contributed by atoms with van der Waals surface area (Å²) in [6.07, 6.45) is -0.970. The van der Waals surface area contributed by atoms with Crippen LogP contribution in [0.1, 0.15) is 11.9 Å². The molecular formula is C20H16N4O2S. The number of nitrogens with zero attached hydrogens (tertiary/aromatic N) is 2. The SMILES string of the molecule is COC(O)c1ccc2c(c1)nc(Nc1nc3ccccc3[nH]1)c1ccsc12. The molecule has 0 aliphatic rings. The summed E-state index contributed by atoms with van der Waals surface area (Å²) in [7, 11) is 1.47. The molecule has 7 heteroatoms. The smallest absolute Gasteiger partial charge is 0.206 e. The summed E-state index contributed by atoms with van der Waals surface area (Å²) in [6, 6.07) is 15.6. The monoisotopic (exact) mass is 376 g/mol. The molecule has 0 spiro atoms. The van der Waals surface area contributed by atoms with Crippen LogP contribution in [0.2, 0.25) is 0 Å². The van der Waals surface area contributed by atoms with Gasteiger partial charge in [-0.25, -0.2) is 9.97 Å². The highest BCUT2D eigenvalue weighted by Gasteiger charge is 2.14. The lowest BCUT2D eigenvalue weighted by Crippen LogP contribution is -2.00. The molecule has 0 radical (unpaired) electrons. The number of hydrogen-bond donors (Lipinski definition) is 3. The number of ether oxygens (including phenoxy) is 1. The Balaban J connectivity index is 1.66. The Bertz CT molecular complexity index is 1240. The number of para-hydroxylation sites is 2. The van der Waals surface area contributed by atoms with E-state index in [4.69, 9.17) is 9.72 Å². The average molecular weight is 376 g/mol. The molecule has 0 aliphatic heterocycles. The highest BCUT2D eigenvalue weighted by atomic mass is 32.1. The fourth-order valence-corrected chi connectivity index (χ4v) is 4.16. The van der Waals surface area contributed by atoms with Crippen molar-refractivity contribution in [3.63, 3.8) is 0 Å². The van der Waals surface area contributed by atoms with E-state index in [1.54, 1.807) is 11.3 Å². The predicted octanol–water partition coefficient (Wildman–Crippen LogP) is 4.71. The van der Waals surface area contributed by atoms with Gasteiger partial charge in [-0.15, -0.1) is 11.3 Å². The largest absolute Gasteiger partial charge is 0.364 e. The van der Waals surface area contributed by atoms with Gasteiger partial charge in [-0.2, -0.15) is 0 Å². The minimum atomic E-state index is -0.970. The molecule has 1 unspecified atom stereocenters. The molecule has 0 saturated heterocycles. The van der Waals surface area contributed by atoms with Crippen molar-refractivity contribution >= 4 is 55.1 Å². The first-order valence-electron chi connectivity index (χ1n) is 8.46. The maximum atomic E-state index is 9.97. The van der Waals surface area contributed by atoms with Crippen molar-refractivity contribution in [2.24, 2.45) is 0 Å². The fraction of sp³-hybridized carbons (Fsp3) is 0.100. The molecule has 3 N–H and O–H groups in total. The number of thiophene rings is 1. The van der Waals surface area contributed by atoms with Gasteiger partial charge in [-0.1, -0.05) is 24.3 Å².